The normalized spacial score (nSPS) is 11.8. The quantitative estimate of drug-likeness (QED) is 0.446. The van der Waals surface area contributed by atoms with Gasteiger partial charge in [0.2, 0.25) is 15.9 Å². The van der Waals surface area contributed by atoms with Gasteiger partial charge in [-0.15, -0.1) is 0 Å². The molecule has 0 bridgehead atoms. The van der Waals surface area contributed by atoms with Crippen molar-refractivity contribution in [3.8, 4) is 11.8 Å². The van der Waals surface area contributed by atoms with E-state index in [4.69, 9.17) is 19.9 Å². The van der Waals surface area contributed by atoms with E-state index < -0.39 is 16.1 Å². The Bertz CT molecular complexity index is 1140. The second-order valence-electron chi connectivity index (χ2n) is 6.12. The summed E-state index contributed by atoms with van der Waals surface area (Å²) in [4.78, 5) is 18.6. The van der Waals surface area contributed by atoms with Crippen molar-refractivity contribution in [2.75, 3.05) is 26.9 Å². The zero-order chi connectivity index (χ0) is 21.0. The third kappa shape index (κ3) is 4.58. The molecule has 0 saturated heterocycles. The fraction of sp³-hybridized carbons (Fsp3) is 0.333. The number of nitrogens with one attached hydrogen (secondary N) is 2. The Morgan fingerprint density at radius 2 is 2.07 bits per heavy atom. The first-order chi connectivity index (χ1) is 13.9. The van der Waals surface area contributed by atoms with Crippen molar-refractivity contribution in [2.24, 2.45) is 5.73 Å². The van der Waals surface area contributed by atoms with E-state index in [1.54, 1.807) is 26.2 Å². The molecule has 0 atom stereocenters. The number of carbonyl (C=O) groups excluding carboxylic acids is 1. The third-order valence-corrected chi connectivity index (χ3v) is 5.58. The van der Waals surface area contributed by atoms with Crippen LogP contribution in [0.5, 0.6) is 11.8 Å². The number of nitrogens with zero attached hydrogens (tertiary/aromatic N) is 1. The zero-order valence-corrected chi connectivity index (χ0v) is 16.8. The van der Waals surface area contributed by atoms with Gasteiger partial charge >= 0.3 is 6.09 Å². The molecule has 0 aliphatic rings. The fourth-order valence-electron chi connectivity index (χ4n) is 2.89. The Hall–Kier alpha value is -2.89. The van der Waals surface area contributed by atoms with Crippen LogP contribution in [0.2, 0.25) is 0 Å². The van der Waals surface area contributed by atoms with Gasteiger partial charge in [0.15, 0.2) is 0 Å². The van der Waals surface area contributed by atoms with Crippen molar-refractivity contribution in [2.45, 2.75) is 18.2 Å². The molecular weight excluding hydrogens is 400 g/mol. The van der Waals surface area contributed by atoms with Crippen LogP contribution < -0.4 is 19.9 Å². The van der Waals surface area contributed by atoms with Crippen molar-refractivity contribution in [3.63, 3.8) is 0 Å². The van der Waals surface area contributed by atoms with Gasteiger partial charge in [0, 0.05) is 42.6 Å². The van der Waals surface area contributed by atoms with Gasteiger partial charge < -0.3 is 24.9 Å². The van der Waals surface area contributed by atoms with Crippen LogP contribution in [0.1, 0.15) is 13.3 Å². The molecule has 0 unspecified atom stereocenters. The SMILES string of the molecule is CCOc1cc2c([nH]c3ccc(S(=O)(=O)NCCCOC)cc32)c(OC(N)=O)n1. The lowest BCUT2D eigenvalue weighted by atomic mass is 10.2. The number of H-pyrrole nitrogens is 1. The van der Waals surface area contributed by atoms with Gasteiger partial charge in [-0.2, -0.15) is 4.98 Å². The number of aromatic amines is 1. The number of hydrogen-bond donors (Lipinski definition) is 3. The maximum Gasteiger partial charge on any atom is 0.411 e. The van der Waals surface area contributed by atoms with E-state index >= 15 is 0 Å². The van der Waals surface area contributed by atoms with Crippen LogP contribution in [-0.4, -0.2) is 51.3 Å². The molecule has 0 radical (unpaired) electrons. The van der Waals surface area contributed by atoms with E-state index in [1.807, 2.05) is 0 Å². The Balaban J connectivity index is 2.08. The van der Waals surface area contributed by atoms with E-state index in [-0.39, 0.29) is 23.2 Å². The monoisotopic (exact) mass is 422 g/mol. The molecule has 10 nitrogen and oxygen atoms in total. The van der Waals surface area contributed by atoms with Crippen LogP contribution in [0.4, 0.5) is 4.79 Å². The van der Waals surface area contributed by atoms with Crippen molar-refractivity contribution in [3.05, 3.63) is 24.3 Å². The Labute approximate surface area is 167 Å². The molecule has 0 aliphatic carbocycles. The summed E-state index contributed by atoms with van der Waals surface area (Å²) in [6, 6.07) is 6.31. The largest absolute Gasteiger partial charge is 0.478 e. The number of methoxy groups -OCH3 is 1. The predicted octanol–water partition coefficient (Wildman–Crippen LogP) is 1.89. The number of sulfonamides is 1. The number of nitrogens with two attached hydrogens (primary N) is 1. The molecule has 0 spiro atoms. The minimum atomic E-state index is -3.70. The summed E-state index contributed by atoms with van der Waals surface area (Å²) in [5, 5.41) is 1.20. The van der Waals surface area contributed by atoms with Crippen LogP contribution in [0.25, 0.3) is 21.8 Å². The molecule has 2 heterocycles. The van der Waals surface area contributed by atoms with Gasteiger partial charge in [-0.05, 0) is 31.5 Å². The summed E-state index contributed by atoms with van der Waals surface area (Å²) in [6.07, 6.45) is -0.461. The number of ether oxygens (including phenoxy) is 3. The number of pyridine rings is 1. The molecule has 2 aromatic heterocycles. The smallest absolute Gasteiger partial charge is 0.411 e. The minimum absolute atomic E-state index is 0.0447. The van der Waals surface area contributed by atoms with E-state index in [9.17, 15) is 13.2 Å². The molecule has 11 heteroatoms. The Morgan fingerprint density at radius 3 is 2.76 bits per heavy atom. The number of amides is 1. The molecule has 3 aromatic rings. The van der Waals surface area contributed by atoms with Crippen molar-refractivity contribution < 1.29 is 27.4 Å². The maximum absolute atomic E-state index is 12.6. The first-order valence-corrected chi connectivity index (χ1v) is 10.4. The maximum atomic E-state index is 12.6. The van der Waals surface area contributed by atoms with Gasteiger partial charge in [0.1, 0.15) is 5.52 Å². The standard InChI is InChI=1S/C18H22N4O6S/c1-3-27-15-10-13-12-9-11(29(24,25)20-7-4-8-26-2)5-6-14(12)21-16(13)17(22-15)28-18(19)23/h5-6,9-10,20-21H,3-4,7-8H2,1-2H3,(H2,19,23). The number of hydrogen-bond acceptors (Lipinski definition) is 7. The van der Waals surface area contributed by atoms with Crippen molar-refractivity contribution >= 4 is 37.9 Å². The summed E-state index contributed by atoms with van der Waals surface area (Å²) >= 11 is 0. The Morgan fingerprint density at radius 1 is 1.28 bits per heavy atom. The summed E-state index contributed by atoms with van der Waals surface area (Å²) < 4.78 is 43.1. The van der Waals surface area contributed by atoms with Crippen LogP contribution >= 0.6 is 0 Å². The fourth-order valence-corrected chi connectivity index (χ4v) is 3.99. The van der Waals surface area contributed by atoms with Crippen LogP contribution in [0, 0.1) is 0 Å². The highest BCUT2D eigenvalue weighted by molar-refractivity contribution is 7.89. The van der Waals surface area contributed by atoms with Crippen molar-refractivity contribution in [1.82, 2.24) is 14.7 Å². The van der Waals surface area contributed by atoms with Crippen molar-refractivity contribution in [1.29, 1.82) is 0 Å². The number of rotatable bonds is 9. The molecule has 1 amide bonds. The van der Waals surface area contributed by atoms with Gasteiger partial charge in [0.05, 0.1) is 11.5 Å². The molecule has 0 fully saturated rings. The lowest BCUT2D eigenvalue weighted by Crippen LogP contribution is -2.25. The highest BCUT2D eigenvalue weighted by Gasteiger charge is 2.19. The number of benzene rings is 1. The van der Waals surface area contributed by atoms with Crippen LogP contribution in [0.15, 0.2) is 29.2 Å². The first-order valence-electron chi connectivity index (χ1n) is 8.91. The number of aromatic nitrogens is 2. The highest BCUT2D eigenvalue weighted by atomic mass is 32.2. The number of primary amides is 1. The molecule has 156 valence electrons. The molecule has 3 rings (SSSR count). The van der Waals surface area contributed by atoms with Gasteiger partial charge in [0.25, 0.3) is 5.88 Å². The van der Waals surface area contributed by atoms with Crippen LogP contribution in [-0.2, 0) is 14.8 Å². The summed E-state index contributed by atoms with van der Waals surface area (Å²) in [5.74, 6) is 0.180. The second-order valence-corrected chi connectivity index (χ2v) is 7.89. The van der Waals surface area contributed by atoms with E-state index in [2.05, 4.69) is 14.7 Å². The summed E-state index contributed by atoms with van der Waals surface area (Å²) in [7, 11) is -2.14. The predicted molar refractivity (Wildman–Crippen MR) is 107 cm³/mol. The molecule has 4 N–H and O–H groups in total. The minimum Gasteiger partial charge on any atom is -0.478 e. The molecule has 0 saturated carbocycles. The first kappa shape index (κ1) is 20.8. The topological polar surface area (TPSA) is 146 Å². The highest BCUT2D eigenvalue weighted by Crippen LogP contribution is 2.34. The van der Waals surface area contributed by atoms with Gasteiger partial charge in [-0.1, -0.05) is 0 Å². The molecular formula is C18H22N4O6S. The molecule has 0 aliphatic heterocycles. The van der Waals surface area contributed by atoms with Gasteiger partial charge in [-0.3, -0.25) is 0 Å². The molecule has 1 aromatic carbocycles. The van der Waals surface area contributed by atoms with E-state index in [0.717, 1.165) is 0 Å². The van der Waals surface area contributed by atoms with E-state index in [1.165, 1.54) is 12.1 Å². The molecule has 29 heavy (non-hydrogen) atoms. The summed E-state index contributed by atoms with van der Waals surface area (Å²) in [5.41, 5.74) is 6.18. The lowest BCUT2D eigenvalue weighted by Gasteiger charge is -2.07. The average Bonchev–Trinajstić information content (AvgIpc) is 3.03. The average molecular weight is 422 g/mol. The number of fused-ring (bicyclic) bond motifs is 3. The lowest BCUT2D eigenvalue weighted by molar-refractivity contribution is 0.196. The van der Waals surface area contributed by atoms with Gasteiger partial charge in [-0.25, -0.2) is 17.9 Å². The second kappa shape index (κ2) is 8.64. The summed E-state index contributed by atoms with van der Waals surface area (Å²) in [6.45, 7) is 2.86. The third-order valence-electron chi connectivity index (χ3n) is 4.12. The van der Waals surface area contributed by atoms with Crippen LogP contribution in [0.3, 0.4) is 0 Å². The Kier molecular flexibility index (Phi) is 6.20. The van der Waals surface area contributed by atoms with E-state index in [0.29, 0.717) is 41.4 Å². The zero-order valence-electron chi connectivity index (χ0n) is 16.0. The number of carbonyl (C=O) groups is 1.